The van der Waals surface area contributed by atoms with Crippen LogP contribution in [0.25, 0.3) is 0 Å². The Hall–Kier alpha value is -4.20. The molecule has 4 aromatic rings. The van der Waals surface area contributed by atoms with Crippen molar-refractivity contribution in [3.05, 3.63) is 119 Å². The van der Waals surface area contributed by atoms with E-state index in [9.17, 15) is 0 Å². The standard InChI is InChI=1S/C46H59NO10/c1-9-41-10-2-37(1)35-47-36-38-3-11-42(12-4-38)55-32-28-51-24-20-49-22-26-53-30-34-57-44-15-7-40(8-16-44)46-18-17-45(46)39-5-13-43(14-6-39)56-33-29-52-25-21-48-19-23-50-27-31-54-41/h1-16,45-47H,17-36H2. The van der Waals surface area contributed by atoms with Crippen molar-refractivity contribution in [3.63, 3.8) is 0 Å². The van der Waals surface area contributed by atoms with Crippen LogP contribution in [0.4, 0.5) is 0 Å². The summed E-state index contributed by atoms with van der Waals surface area (Å²) in [5.41, 5.74) is 5.07. The topological polar surface area (TPSA) is 104 Å². The molecule has 11 aliphatic rings. The molecule has 0 amide bonds. The van der Waals surface area contributed by atoms with Gasteiger partial charge < -0.3 is 52.7 Å². The highest BCUT2D eigenvalue weighted by molar-refractivity contribution is 5.37. The van der Waals surface area contributed by atoms with E-state index in [2.05, 4.69) is 78.1 Å². The van der Waals surface area contributed by atoms with Gasteiger partial charge in [0, 0.05) is 13.1 Å². The first-order chi connectivity index (χ1) is 28.3. The first-order valence-electron chi connectivity index (χ1n) is 20.4. The maximum Gasteiger partial charge on any atom is 0.119 e. The Morgan fingerprint density at radius 2 is 0.544 bits per heavy atom. The number of hydrogen-bond acceptors (Lipinski definition) is 11. The van der Waals surface area contributed by atoms with Gasteiger partial charge in [0.25, 0.3) is 0 Å². The monoisotopic (exact) mass is 785 g/mol. The van der Waals surface area contributed by atoms with Crippen molar-refractivity contribution < 1.29 is 47.4 Å². The second-order valence-electron chi connectivity index (χ2n) is 13.9. The highest BCUT2D eigenvalue weighted by atomic mass is 16.6. The van der Waals surface area contributed by atoms with Gasteiger partial charge in [-0.3, -0.25) is 0 Å². The molecule has 4 aromatic carbocycles. The molecule has 1 aliphatic carbocycles. The van der Waals surface area contributed by atoms with E-state index in [1.54, 1.807) is 0 Å². The molecule has 10 heterocycles. The van der Waals surface area contributed by atoms with Crippen molar-refractivity contribution in [1.29, 1.82) is 0 Å². The van der Waals surface area contributed by atoms with Gasteiger partial charge in [0.15, 0.2) is 0 Å². The van der Waals surface area contributed by atoms with Gasteiger partial charge in [-0.15, -0.1) is 0 Å². The number of benzene rings is 4. The van der Waals surface area contributed by atoms with Gasteiger partial charge in [-0.1, -0.05) is 48.5 Å². The smallest absolute Gasteiger partial charge is 0.119 e. The fourth-order valence-corrected chi connectivity index (χ4v) is 6.64. The average Bonchev–Trinajstić information content (AvgIpc) is 3.23. The summed E-state index contributed by atoms with van der Waals surface area (Å²) in [6, 6.07) is 33.3. The van der Waals surface area contributed by atoms with E-state index in [-0.39, 0.29) is 0 Å². The predicted molar refractivity (Wildman–Crippen MR) is 218 cm³/mol. The number of hydrogen-bond donors (Lipinski definition) is 1. The van der Waals surface area contributed by atoms with Gasteiger partial charge in [0.2, 0.25) is 0 Å². The lowest BCUT2D eigenvalue weighted by Gasteiger charge is -2.37. The minimum atomic E-state index is 0.479. The first-order valence-corrected chi connectivity index (χ1v) is 20.4. The van der Waals surface area contributed by atoms with E-state index in [0.29, 0.717) is 118 Å². The third kappa shape index (κ3) is 15.6. The van der Waals surface area contributed by atoms with Gasteiger partial charge in [-0.25, -0.2) is 0 Å². The molecule has 11 heteroatoms. The quantitative estimate of drug-likeness (QED) is 0.200. The van der Waals surface area contributed by atoms with Gasteiger partial charge in [-0.2, -0.15) is 0 Å². The lowest BCUT2D eigenvalue weighted by atomic mass is 9.67. The van der Waals surface area contributed by atoms with E-state index in [0.717, 1.165) is 36.1 Å². The largest absolute Gasteiger partial charge is 0.491 e. The summed E-state index contributed by atoms with van der Waals surface area (Å²) in [6.45, 7) is 9.53. The van der Waals surface area contributed by atoms with Crippen LogP contribution < -0.4 is 24.3 Å². The molecule has 1 N–H and O–H groups in total. The zero-order valence-electron chi connectivity index (χ0n) is 33.1. The molecule has 0 spiro atoms. The minimum absolute atomic E-state index is 0.479. The van der Waals surface area contributed by atoms with E-state index >= 15 is 0 Å². The molecule has 8 bridgehead atoms. The first kappa shape index (κ1) is 42.4. The Balaban J connectivity index is 0.893. The van der Waals surface area contributed by atoms with Crippen LogP contribution in [0.1, 0.15) is 46.9 Å². The molecule has 11 nitrogen and oxygen atoms in total. The molecule has 308 valence electrons. The summed E-state index contributed by atoms with van der Waals surface area (Å²) in [5.74, 6) is 4.37. The van der Waals surface area contributed by atoms with Crippen molar-refractivity contribution in [2.24, 2.45) is 0 Å². The average molecular weight is 786 g/mol. The molecule has 10 aliphatic heterocycles. The van der Waals surface area contributed by atoms with Crippen molar-refractivity contribution >= 4 is 0 Å². The fourth-order valence-electron chi connectivity index (χ4n) is 6.64. The van der Waals surface area contributed by atoms with Crippen LogP contribution in [0, 0.1) is 0 Å². The van der Waals surface area contributed by atoms with Crippen LogP contribution in [0.15, 0.2) is 97.1 Å². The minimum Gasteiger partial charge on any atom is -0.491 e. The van der Waals surface area contributed by atoms with Crippen LogP contribution >= 0.6 is 0 Å². The third-order valence-electron chi connectivity index (χ3n) is 9.87. The van der Waals surface area contributed by atoms with Crippen molar-refractivity contribution in [2.75, 3.05) is 106 Å². The van der Waals surface area contributed by atoms with Gasteiger partial charge in [0.05, 0.1) is 79.3 Å². The molecule has 1 saturated carbocycles. The normalized spacial score (nSPS) is 21.1. The number of rotatable bonds is 0. The van der Waals surface area contributed by atoms with Crippen LogP contribution in [0.3, 0.4) is 0 Å². The zero-order chi connectivity index (χ0) is 39.0. The molecule has 0 saturated heterocycles. The summed E-state index contributed by atoms with van der Waals surface area (Å²) in [5, 5.41) is 3.49. The summed E-state index contributed by atoms with van der Waals surface area (Å²) in [4.78, 5) is 0. The highest BCUT2D eigenvalue weighted by Gasteiger charge is 2.33. The fraction of sp³-hybridized carbons (Fsp3) is 0.478. The molecule has 2 unspecified atom stereocenters. The Labute approximate surface area is 337 Å². The van der Waals surface area contributed by atoms with Crippen molar-refractivity contribution in [1.82, 2.24) is 5.32 Å². The second-order valence-corrected chi connectivity index (χ2v) is 13.9. The molecule has 57 heavy (non-hydrogen) atoms. The summed E-state index contributed by atoms with van der Waals surface area (Å²) in [6.07, 6.45) is 2.37. The Bertz CT molecular complexity index is 1510. The van der Waals surface area contributed by atoms with Gasteiger partial charge >= 0.3 is 0 Å². The predicted octanol–water partition coefficient (Wildman–Crippen LogP) is 6.97. The zero-order valence-corrected chi connectivity index (χ0v) is 33.1. The molecular weight excluding hydrogens is 727 g/mol. The molecule has 15 rings (SSSR count). The molecule has 0 aromatic heterocycles. The highest BCUT2D eigenvalue weighted by Crippen LogP contribution is 2.49. The van der Waals surface area contributed by atoms with Gasteiger partial charge in [-0.05, 0) is 95.5 Å². The maximum atomic E-state index is 5.91. The van der Waals surface area contributed by atoms with Gasteiger partial charge in [0.1, 0.15) is 49.4 Å². The summed E-state index contributed by atoms with van der Waals surface area (Å²) >= 11 is 0. The SMILES string of the molecule is c1cc2ccc1CNCc1ccc(cc1)OCCOCCOCCOCCOc1ccc(cc1)C1CCC1c1ccc(cc1)OCCOCCOCCOCCO2. The van der Waals surface area contributed by atoms with Crippen LogP contribution in [-0.4, -0.2) is 106 Å². The van der Waals surface area contributed by atoms with Crippen LogP contribution in [0.2, 0.25) is 0 Å². The Morgan fingerprint density at radius 1 is 0.298 bits per heavy atom. The maximum absolute atomic E-state index is 5.91. The molecule has 0 radical (unpaired) electrons. The summed E-state index contributed by atoms with van der Waals surface area (Å²) < 4.78 is 57.4. The second kappa shape index (κ2) is 25.2. The molecule has 2 atom stereocenters. The number of nitrogens with one attached hydrogen (secondary N) is 1. The van der Waals surface area contributed by atoms with Crippen LogP contribution in [0.5, 0.6) is 23.0 Å². The van der Waals surface area contributed by atoms with E-state index < -0.39 is 0 Å². The Morgan fingerprint density at radius 3 is 0.807 bits per heavy atom. The Kier molecular flexibility index (Phi) is 18.8. The lowest BCUT2D eigenvalue weighted by Crippen LogP contribution is -2.21. The van der Waals surface area contributed by atoms with E-state index in [1.807, 2.05) is 24.3 Å². The number of ether oxygens (including phenoxy) is 10. The van der Waals surface area contributed by atoms with E-state index in [1.165, 1.54) is 35.1 Å². The summed E-state index contributed by atoms with van der Waals surface area (Å²) in [7, 11) is 0. The molecule has 1 fully saturated rings. The van der Waals surface area contributed by atoms with E-state index in [4.69, 9.17) is 47.4 Å². The lowest BCUT2D eigenvalue weighted by molar-refractivity contribution is 0.00499. The van der Waals surface area contributed by atoms with Crippen LogP contribution in [-0.2, 0) is 41.5 Å². The molecular formula is C46H59NO10. The van der Waals surface area contributed by atoms with Crippen molar-refractivity contribution in [3.8, 4) is 23.0 Å². The third-order valence-corrected chi connectivity index (χ3v) is 9.87. The van der Waals surface area contributed by atoms with Crippen molar-refractivity contribution in [2.45, 2.75) is 37.8 Å².